The van der Waals surface area contributed by atoms with Crippen LogP contribution in [0, 0.1) is 0 Å². The third-order valence-corrected chi connectivity index (χ3v) is 4.24. The van der Waals surface area contributed by atoms with Crippen LogP contribution < -0.4 is 5.32 Å². The number of nitrogens with zero attached hydrogens (tertiary/aromatic N) is 1. The monoisotopic (exact) mass is 286 g/mol. The molecule has 2 unspecified atom stereocenters. The smallest absolute Gasteiger partial charge is 0.0673 e. The SMILES string of the molecule is CCC(CO)(CCCN1CCCOC(C)C1)NC(C)C. The average molecular weight is 286 g/mol. The van der Waals surface area contributed by atoms with Crippen molar-refractivity contribution in [2.45, 2.75) is 71.1 Å². The zero-order chi connectivity index (χ0) is 15.0. The Morgan fingerprint density at radius 1 is 1.45 bits per heavy atom. The summed E-state index contributed by atoms with van der Waals surface area (Å²) in [5.41, 5.74) is -0.109. The first-order valence-electron chi connectivity index (χ1n) is 8.24. The van der Waals surface area contributed by atoms with Crippen molar-refractivity contribution in [1.29, 1.82) is 0 Å². The summed E-state index contributed by atoms with van der Waals surface area (Å²) < 4.78 is 5.68. The molecule has 0 aliphatic carbocycles. The predicted octanol–water partition coefficient (Wildman–Crippen LogP) is 2.02. The average Bonchev–Trinajstić information content (AvgIpc) is 2.61. The minimum Gasteiger partial charge on any atom is -0.394 e. The van der Waals surface area contributed by atoms with Crippen molar-refractivity contribution in [1.82, 2.24) is 10.2 Å². The van der Waals surface area contributed by atoms with Gasteiger partial charge in [-0.3, -0.25) is 0 Å². The number of aliphatic hydroxyl groups is 1. The summed E-state index contributed by atoms with van der Waals surface area (Å²) in [5.74, 6) is 0. The highest BCUT2D eigenvalue weighted by molar-refractivity contribution is 4.87. The van der Waals surface area contributed by atoms with Crippen LogP contribution in [0.2, 0.25) is 0 Å². The highest BCUT2D eigenvalue weighted by atomic mass is 16.5. The van der Waals surface area contributed by atoms with Crippen LogP contribution in [-0.2, 0) is 4.74 Å². The highest BCUT2D eigenvalue weighted by Gasteiger charge is 2.27. The molecule has 2 N–H and O–H groups in total. The van der Waals surface area contributed by atoms with Crippen molar-refractivity contribution in [2.24, 2.45) is 0 Å². The molecule has 2 atom stereocenters. The lowest BCUT2D eigenvalue weighted by Crippen LogP contribution is -2.51. The lowest BCUT2D eigenvalue weighted by atomic mass is 9.90. The van der Waals surface area contributed by atoms with Crippen molar-refractivity contribution >= 4 is 0 Å². The molecule has 0 amide bonds. The van der Waals surface area contributed by atoms with Gasteiger partial charge in [-0.05, 0) is 39.2 Å². The van der Waals surface area contributed by atoms with E-state index in [-0.39, 0.29) is 12.1 Å². The molecule has 4 nitrogen and oxygen atoms in total. The standard InChI is InChI=1S/C16H34N2O2/c1-5-16(13-19,17-14(2)3)8-6-9-18-10-7-11-20-15(4)12-18/h14-15,17,19H,5-13H2,1-4H3. The summed E-state index contributed by atoms with van der Waals surface area (Å²) in [6, 6.07) is 0.411. The second kappa shape index (κ2) is 8.98. The van der Waals surface area contributed by atoms with Gasteiger partial charge < -0.3 is 20.1 Å². The van der Waals surface area contributed by atoms with E-state index in [1.165, 1.54) is 0 Å². The Morgan fingerprint density at radius 2 is 2.20 bits per heavy atom. The van der Waals surface area contributed by atoms with Gasteiger partial charge in [-0.25, -0.2) is 0 Å². The van der Waals surface area contributed by atoms with Crippen LogP contribution in [0.15, 0.2) is 0 Å². The van der Waals surface area contributed by atoms with Crippen LogP contribution in [0.1, 0.15) is 53.4 Å². The van der Waals surface area contributed by atoms with Crippen LogP contribution in [0.3, 0.4) is 0 Å². The molecule has 1 heterocycles. The largest absolute Gasteiger partial charge is 0.394 e. The Morgan fingerprint density at radius 3 is 2.80 bits per heavy atom. The number of hydrogen-bond donors (Lipinski definition) is 2. The first-order chi connectivity index (χ1) is 9.51. The molecule has 1 aliphatic rings. The van der Waals surface area contributed by atoms with E-state index < -0.39 is 0 Å². The fourth-order valence-electron chi connectivity index (χ4n) is 3.12. The van der Waals surface area contributed by atoms with E-state index in [1.807, 2.05) is 0 Å². The van der Waals surface area contributed by atoms with Crippen molar-refractivity contribution in [3.05, 3.63) is 0 Å². The fraction of sp³-hybridized carbons (Fsp3) is 1.00. The van der Waals surface area contributed by atoms with E-state index in [2.05, 4.69) is 37.9 Å². The molecule has 0 aromatic rings. The first-order valence-corrected chi connectivity index (χ1v) is 8.24. The van der Waals surface area contributed by atoms with Crippen molar-refractivity contribution in [3.8, 4) is 0 Å². The lowest BCUT2D eigenvalue weighted by molar-refractivity contribution is 0.0665. The Balaban J connectivity index is 2.39. The van der Waals surface area contributed by atoms with E-state index in [0.717, 1.165) is 51.9 Å². The third-order valence-electron chi connectivity index (χ3n) is 4.24. The Labute approximate surface area is 124 Å². The third kappa shape index (κ3) is 6.08. The maximum absolute atomic E-state index is 9.75. The number of nitrogens with one attached hydrogen (secondary N) is 1. The summed E-state index contributed by atoms with van der Waals surface area (Å²) >= 11 is 0. The van der Waals surface area contributed by atoms with Crippen LogP contribution in [0.5, 0.6) is 0 Å². The summed E-state index contributed by atoms with van der Waals surface area (Å²) in [5, 5.41) is 13.3. The normalized spacial score (nSPS) is 24.6. The van der Waals surface area contributed by atoms with Crippen LogP contribution in [-0.4, -0.2) is 60.5 Å². The first kappa shape index (κ1) is 17.9. The van der Waals surface area contributed by atoms with Gasteiger partial charge in [0.1, 0.15) is 0 Å². The summed E-state index contributed by atoms with van der Waals surface area (Å²) in [4.78, 5) is 2.50. The second-order valence-electron chi connectivity index (χ2n) is 6.53. The molecule has 0 aromatic carbocycles. The van der Waals surface area contributed by atoms with Crippen molar-refractivity contribution in [3.63, 3.8) is 0 Å². The quantitative estimate of drug-likeness (QED) is 0.716. The molecule has 1 fully saturated rings. The van der Waals surface area contributed by atoms with E-state index in [4.69, 9.17) is 4.74 Å². The molecule has 4 heteroatoms. The molecule has 0 spiro atoms. The van der Waals surface area contributed by atoms with E-state index in [1.54, 1.807) is 0 Å². The molecule has 0 saturated carbocycles. The molecule has 1 aliphatic heterocycles. The van der Waals surface area contributed by atoms with E-state index in [9.17, 15) is 5.11 Å². The zero-order valence-corrected chi connectivity index (χ0v) is 13.8. The fourth-order valence-corrected chi connectivity index (χ4v) is 3.12. The number of rotatable bonds is 8. The van der Waals surface area contributed by atoms with Gasteiger partial charge in [0.15, 0.2) is 0 Å². The lowest BCUT2D eigenvalue weighted by Gasteiger charge is -2.35. The molecule has 0 aromatic heterocycles. The number of ether oxygens (including phenoxy) is 1. The Kier molecular flexibility index (Phi) is 8.03. The van der Waals surface area contributed by atoms with Gasteiger partial charge in [0.2, 0.25) is 0 Å². The molecular formula is C16H34N2O2. The van der Waals surface area contributed by atoms with Crippen molar-refractivity contribution < 1.29 is 9.84 Å². The molecule has 1 rings (SSSR count). The minimum absolute atomic E-state index is 0.109. The van der Waals surface area contributed by atoms with Crippen LogP contribution in [0.4, 0.5) is 0 Å². The molecule has 20 heavy (non-hydrogen) atoms. The Hall–Kier alpha value is -0.160. The van der Waals surface area contributed by atoms with E-state index in [0.29, 0.717) is 12.1 Å². The van der Waals surface area contributed by atoms with Gasteiger partial charge in [-0.15, -0.1) is 0 Å². The van der Waals surface area contributed by atoms with Crippen LogP contribution >= 0.6 is 0 Å². The van der Waals surface area contributed by atoms with Gasteiger partial charge >= 0.3 is 0 Å². The van der Waals surface area contributed by atoms with E-state index >= 15 is 0 Å². The van der Waals surface area contributed by atoms with Gasteiger partial charge in [0.25, 0.3) is 0 Å². The maximum Gasteiger partial charge on any atom is 0.0673 e. The predicted molar refractivity (Wildman–Crippen MR) is 84.1 cm³/mol. The Bertz CT molecular complexity index is 255. The summed E-state index contributed by atoms with van der Waals surface area (Å²) in [6.07, 6.45) is 4.61. The molecule has 0 bridgehead atoms. The molecule has 0 radical (unpaired) electrons. The van der Waals surface area contributed by atoms with Gasteiger partial charge in [0, 0.05) is 31.3 Å². The van der Waals surface area contributed by atoms with Gasteiger partial charge in [0.05, 0.1) is 12.7 Å². The number of aliphatic hydroxyl groups excluding tert-OH is 1. The summed E-state index contributed by atoms with van der Waals surface area (Å²) in [7, 11) is 0. The van der Waals surface area contributed by atoms with Crippen LogP contribution in [0.25, 0.3) is 0 Å². The number of hydrogen-bond acceptors (Lipinski definition) is 4. The van der Waals surface area contributed by atoms with Gasteiger partial charge in [-0.1, -0.05) is 20.8 Å². The zero-order valence-electron chi connectivity index (χ0n) is 13.8. The molecule has 1 saturated heterocycles. The van der Waals surface area contributed by atoms with Gasteiger partial charge in [-0.2, -0.15) is 0 Å². The molecular weight excluding hydrogens is 252 g/mol. The summed E-state index contributed by atoms with van der Waals surface area (Å²) in [6.45, 7) is 13.0. The molecule has 120 valence electrons. The maximum atomic E-state index is 9.75. The second-order valence-corrected chi connectivity index (χ2v) is 6.53. The highest BCUT2D eigenvalue weighted by Crippen LogP contribution is 2.19. The van der Waals surface area contributed by atoms with Crippen molar-refractivity contribution in [2.75, 3.05) is 32.8 Å². The topological polar surface area (TPSA) is 44.7 Å². The minimum atomic E-state index is -0.109.